The van der Waals surface area contributed by atoms with E-state index in [0.717, 1.165) is 33.1 Å². The average molecular weight is 307 g/mol. The summed E-state index contributed by atoms with van der Waals surface area (Å²) in [5, 5.41) is 13.4. The van der Waals surface area contributed by atoms with E-state index < -0.39 is 0 Å². The summed E-state index contributed by atoms with van der Waals surface area (Å²) in [4.78, 5) is 4.53. The molecule has 0 saturated heterocycles. The van der Waals surface area contributed by atoms with Crippen LogP contribution in [0.25, 0.3) is 33.1 Å². The molecular formula is C16H17N7. The molecule has 0 saturated carbocycles. The molecular weight excluding hydrogens is 290 g/mol. The molecule has 0 bridgehead atoms. The first-order chi connectivity index (χ1) is 11.1. The van der Waals surface area contributed by atoms with Gasteiger partial charge in [-0.3, -0.25) is 9.78 Å². The lowest BCUT2D eigenvalue weighted by Crippen LogP contribution is -2.22. The molecule has 1 atom stereocenters. The van der Waals surface area contributed by atoms with E-state index in [4.69, 9.17) is 11.5 Å². The van der Waals surface area contributed by atoms with E-state index in [1.54, 1.807) is 6.20 Å². The maximum Gasteiger partial charge on any atom is 0.135 e. The van der Waals surface area contributed by atoms with E-state index >= 15 is 0 Å². The van der Waals surface area contributed by atoms with Crippen molar-refractivity contribution in [2.45, 2.75) is 19.5 Å². The zero-order chi connectivity index (χ0) is 16.0. The highest BCUT2D eigenvalue weighted by Gasteiger charge is 2.12. The van der Waals surface area contributed by atoms with Crippen molar-refractivity contribution in [1.29, 1.82) is 0 Å². The van der Waals surface area contributed by atoms with Gasteiger partial charge in [-0.05, 0) is 25.1 Å². The fourth-order valence-corrected chi connectivity index (χ4v) is 2.79. The van der Waals surface area contributed by atoms with Crippen molar-refractivity contribution < 1.29 is 0 Å². The van der Waals surface area contributed by atoms with Crippen LogP contribution >= 0.6 is 0 Å². The fourth-order valence-electron chi connectivity index (χ4n) is 2.79. The van der Waals surface area contributed by atoms with Gasteiger partial charge in [-0.2, -0.15) is 10.2 Å². The molecule has 3 heterocycles. The summed E-state index contributed by atoms with van der Waals surface area (Å²) in [6.07, 6.45) is 3.63. The second kappa shape index (κ2) is 5.06. The Morgan fingerprint density at radius 1 is 1.26 bits per heavy atom. The molecule has 0 spiro atoms. The first-order valence-electron chi connectivity index (χ1n) is 7.43. The summed E-state index contributed by atoms with van der Waals surface area (Å²) in [7, 11) is 0. The Bertz CT molecular complexity index is 983. The Labute approximate surface area is 132 Å². The van der Waals surface area contributed by atoms with Gasteiger partial charge in [-0.1, -0.05) is 6.07 Å². The summed E-state index contributed by atoms with van der Waals surface area (Å²) in [5.41, 5.74) is 15.6. The molecule has 0 amide bonds. The monoisotopic (exact) mass is 307 g/mol. The third-order valence-corrected chi connectivity index (χ3v) is 3.82. The number of hydrogen-bond donors (Lipinski definition) is 3. The molecule has 0 aliphatic rings. The standard InChI is InChI=1S/C16H17N7/c1-9(17)7-23-8-12-15(22-23)11-3-2-10(13-4-5-19-21-13)6-14(11)20-16(12)18/h2-6,8-9H,7,17H2,1H3,(H2,18,20)(H,19,21). The van der Waals surface area contributed by atoms with Crippen LogP contribution in [0.5, 0.6) is 0 Å². The fraction of sp³-hybridized carbons (Fsp3) is 0.188. The summed E-state index contributed by atoms with van der Waals surface area (Å²) in [5.74, 6) is 0.477. The van der Waals surface area contributed by atoms with E-state index in [0.29, 0.717) is 12.4 Å². The molecule has 7 nitrogen and oxygen atoms in total. The molecule has 4 aromatic rings. The van der Waals surface area contributed by atoms with Crippen LogP contribution in [0.15, 0.2) is 36.7 Å². The topological polar surface area (TPSA) is 111 Å². The number of aromatic amines is 1. The minimum absolute atomic E-state index is 0.0248. The number of H-pyrrole nitrogens is 1. The van der Waals surface area contributed by atoms with Crippen molar-refractivity contribution >= 4 is 27.6 Å². The molecule has 0 fully saturated rings. The number of hydrogen-bond acceptors (Lipinski definition) is 5. The smallest absolute Gasteiger partial charge is 0.135 e. The minimum Gasteiger partial charge on any atom is -0.383 e. The van der Waals surface area contributed by atoms with E-state index in [-0.39, 0.29) is 6.04 Å². The second-order valence-electron chi connectivity index (χ2n) is 5.79. The second-order valence-corrected chi connectivity index (χ2v) is 5.79. The molecule has 1 unspecified atom stereocenters. The molecule has 4 rings (SSSR count). The van der Waals surface area contributed by atoms with Crippen LogP contribution in [0.1, 0.15) is 6.92 Å². The molecule has 23 heavy (non-hydrogen) atoms. The molecule has 0 radical (unpaired) electrons. The SMILES string of the molecule is CC(N)Cn1cc2c(N)nc3cc(-c4ccn[nH]4)ccc3c2n1. The van der Waals surface area contributed by atoms with Crippen LogP contribution < -0.4 is 11.5 Å². The van der Waals surface area contributed by atoms with Gasteiger partial charge in [0.25, 0.3) is 0 Å². The molecule has 116 valence electrons. The van der Waals surface area contributed by atoms with Crippen LogP contribution in [-0.2, 0) is 6.54 Å². The van der Waals surface area contributed by atoms with Crippen LogP contribution in [0.2, 0.25) is 0 Å². The zero-order valence-corrected chi connectivity index (χ0v) is 12.7. The molecule has 0 aliphatic heterocycles. The number of rotatable bonds is 3. The predicted molar refractivity (Wildman–Crippen MR) is 90.7 cm³/mol. The summed E-state index contributed by atoms with van der Waals surface area (Å²) in [6, 6.07) is 7.97. The Kier molecular flexibility index (Phi) is 3.02. The number of nitrogens with zero attached hydrogens (tertiary/aromatic N) is 4. The average Bonchev–Trinajstić information content (AvgIpc) is 3.15. The number of pyridine rings is 1. The van der Waals surface area contributed by atoms with Gasteiger partial charge < -0.3 is 11.5 Å². The van der Waals surface area contributed by atoms with Crippen LogP contribution in [0.3, 0.4) is 0 Å². The zero-order valence-electron chi connectivity index (χ0n) is 12.7. The van der Waals surface area contributed by atoms with Gasteiger partial charge in [0.05, 0.1) is 23.1 Å². The molecule has 0 aliphatic carbocycles. The number of anilines is 1. The lowest BCUT2D eigenvalue weighted by atomic mass is 10.1. The van der Waals surface area contributed by atoms with E-state index in [1.165, 1.54) is 0 Å². The number of nitrogens with two attached hydrogens (primary N) is 2. The van der Waals surface area contributed by atoms with Crippen molar-refractivity contribution in [3.05, 3.63) is 36.7 Å². The lowest BCUT2D eigenvalue weighted by molar-refractivity contribution is 0.543. The summed E-state index contributed by atoms with van der Waals surface area (Å²) >= 11 is 0. The van der Waals surface area contributed by atoms with Gasteiger partial charge in [0.1, 0.15) is 11.3 Å². The molecule has 1 aromatic carbocycles. The van der Waals surface area contributed by atoms with Crippen molar-refractivity contribution in [2.24, 2.45) is 5.73 Å². The Hall–Kier alpha value is -2.93. The number of benzene rings is 1. The molecule has 3 aromatic heterocycles. The van der Waals surface area contributed by atoms with E-state index in [9.17, 15) is 0 Å². The van der Waals surface area contributed by atoms with Gasteiger partial charge in [0.2, 0.25) is 0 Å². The highest BCUT2D eigenvalue weighted by atomic mass is 15.3. The number of nitrogen functional groups attached to an aromatic ring is 1. The molecule has 5 N–H and O–H groups in total. The van der Waals surface area contributed by atoms with Crippen LogP contribution in [0, 0.1) is 0 Å². The Morgan fingerprint density at radius 2 is 2.13 bits per heavy atom. The summed E-state index contributed by atoms with van der Waals surface area (Å²) < 4.78 is 1.83. The Morgan fingerprint density at radius 3 is 2.87 bits per heavy atom. The Balaban J connectivity index is 1.92. The predicted octanol–water partition coefficient (Wildman–Crippen LogP) is 1.90. The van der Waals surface area contributed by atoms with Gasteiger partial charge in [-0.25, -0.2) is 4.98 Å². The highest BCUT2D eigenvalue weighted by Crippen LogP contribution is 2.29. The largest absolute Gasteiger partial charge is 0.383 e. The van der Waals surface area contributed by atoms with E-state index in [1.807, 2.05) is 42.1 Å². The summed E-state index contributed by atoms with van der Waals surface area (Å²) in [6.45, 7) is 2.59. The quantitative estimate of drug-likeness (QED) is 0.535. The third-order valence-electron chi connectivity index (χ3n) is 3.82. The van der Waals surface area contributed by atoms with Crippen molar-refractivity contribution in [1.82, 2.24) is 25.0 Å². The van der Waals surface area contributed by atoms with Gasteiger partial charge in [0, 0.05) is 29.4 Å². The van der Waals surface area contributed by atoms with E-state index in [2.05, 4.69) is 20.3 Å². The third kappa shape index (κ3) is 2.31. The highest BCUT2D eigenvalue weighted by molar-refractivity contribution is 6.08. The first-order valence-corrected chi connectivity index (χ1v) is 7.43. The van der Waals surface area contributed by atoms with Crippen molar-refractivity contribution in [3.63, 3.8) is 0 Å². The van der Waals surface area contributed by atoms with Crippen molar-refractivity contribution in [3.8, 4) is 11.3 Å². The van der Waals surface area contributed by atoms with Crippen molar-refractivity contribution in [2.75, 3.05) is 5.73 Å². The van der Waals surface area contributed by atoms with Gasteiger partial charge in [-0.15, -0.1) is 0 Å². The minimum atomic E-state index is 0.0248. The maximum absolute atomic E-state index is 6.12. The molecule has 7 heteroatoms. The first kappa shape index (κ1) is 13.7. The number of aromatic nitrogens is 5. The van der Waals surface area contributed by atoms with Crippen LogP contribution in [0.4, 0.5) is 5.82 Å². The van der Waals surface area contributed by atoms with Crippen LogP contribution in [-0.4, -0.2) is 31.0 Å². The normalized spacial score (nSPS) is 13.0. The number of fused-ring (bicyclic) bond motifs is 3. The van der Waals surface area contributed by atoms with Gasteiger partial charge >= 0.3 is 0 Å². The maximum atomic E-state index is 6.12. The lowest BCUT2D eigenvalue weighted by Gasteiger charge is -2.04. The van der Waals surface area contributed by atoms with Gasteiger partial charge in [0.15, 0.2) is 0 Å². The number of nitrogens with one attached hydrogen (secondary N) is 1.